The van der Waals surface area contributed by atoms with E-state index in [4.69, 9.17) is 9.47 Å². The van der Waals surface area contributed by atoms with E-state index >= 15 is 0 Å². The number of aliphatic hydroxyl groups excluding tert-OH is 2. The quantitative estimate of drug-likeness (QED) is 0.633. The molecule has 7 nitrogen and oxygen atoms in total. The molecule has 3 rings (SSSR count). The highest BCUT2D eigenvalue weighted by Crippen LogP contribution is 2.37. The lowest BCUT2D eigenvalue weighted by atomic mass is 9.93. The third-order valence-electron chi connectivity index (χ3n) is 4.72. The number of carbonyl (C=O) groups excluding carboxylic acids is 2. The standard InChI is InChI=1S/C22H22O7/c1-12-5-3-8-17(23)21(26)20(25)14-7-4-6-13(9-14)16-10-15(28-2)11-18(24)19(16)22(27)29-12/h3-4,6-12,20-21,24-26H,5H2,1-2H3/b8-3-/t12-,20-,21+/m0/s1. The molecule has 0 fully saturated rings. The number of esters is 1. The summed E-state index contributed by atoms with van der Waals surface area (Å²) in [6, 6.07) is 9.26. The minimum absolute atomic E-state index is 0.0399. The van der Waals surface area contributed by atoms with E-state index in [2.05, 4.69) is 0 Å². The van der Waals surface area contributed by atoms with Gasteiger partial charge < -0.3 is 24.8 Å². The van der Waals surface area contributed by atoms with E-state index in [-0.39, 0.29) is 23.3 Å². The van der Waals surface area contributed by atoms with Crippen LogP contribution in [-0.4, -0.2) is 46.4 Å². The Balaban J connectivity index is 2.22. The summed E-state index contributed by atoms with van der Waals surface area (Å²) in [5.74, 6) is -1.36. The van der Waals surface area contributed by atoms with Crippen LogP contribution in [0.2, 0.25) is 0 Å². The molecule has 3 atom stereocenters. The predicted molar refractivity (Wildman–Crippen MR) is 105 cm³/mol. The van der Waals surface area contributed by atoms with Crippen LogP contribution in [0, 0.1) is 0 Å². The van der Waals surface area contributed by atoms with Crippen LogP contribution in [0.5, 0.6) is 11.5 Å². The van der Waals surface area contributed by atoms with Crippen LogP contribution in [-0.2, 0) is 9.53 Å². The Labute approximate surface area is 167 Å². The maximum atomic E-state index is 12.8. The molecule has 1 aliphatic heterocycles. The zero-order chi connectivity index (χ0) is 21.1. The second kappa shape index (κ2) is 8.46. The third kappa shape index (κ3) is 4.31. The Bertz CT molecular complexity index is 964. The van der Waals surface area contributed by atoms with E-state index in [0.717, 1.165) is 6.08 Å². The third-order valence-corrected chi connectivity index (χ3v) is 4.72. The first-order chi connectivity index (χ1) is 13.8. The lowest BCUT2D eigenvalue weighted by Crippen LogP contribution is -2.26. The average Bonchev–Trinajstić information content (AvgIpc) is 2.71. The molecule has 0 unspecified atom stereocenters. The van der Waals surface area contributed by atoms with Crippen LogP contribution in [0.1, 0.15) is 35.4 Å². The fourth-order valence-electron chi connectivity index (χ4n) is 3.15. The number of ether oxygens (including phenoxy) is 2. The van der Waals surface area contributed by atoms with Crippen LogP contribution < -0.4 is 4.74 Å². The Morgan fingerprint density at radius 3 is 2.59 bits per heavy atom. The highest BCUT2D eigenvalue weighted by molar-refractivity contribution is 6.01. The number of phenols is 1. The predicted octanol–water partition coefficient (Wildman–Crippen LogP) is 2.54. The molecule has 0 saturated heterocycles. The molecule has 2 bridgehead atoms. The van der Waals surface area contributed by atoms with Crippen LogP contribution in [0.15, 0.2) is 48.6 Å². The molecule has 7 heteroatoms. The van der Waals surface area contributed by atoms with Gasteiger partial charge in [-0.2, -0.15) is 0 Å². The number of rotatable bonds is 1. The number of hydrogen-bond donors (Lipinski definition) is 3. The Morgan fingerprint density at radius 2 is 1.86 bits per heavy atom. The summed E-state index contributed by atoms with van der Waals surface area (Å²) in [7, 11) is 1.43. The Hall–Kier alpha value is -3.16. The van der Waals surface area contributed by atoms with E-state index in [9.17, 15) is 24.9 Å². The van der Waals surface area contributed by atoms with Gasteiger partial charge in [0.25, 0.3) is 0 Å². The van der Waals surface area contributed by atoms with Gasteiger partial charge in [0, 0.05) is 18.1 Å². The number of hydrogen-bond acceptors (Lipinski definition) is 7. The van der Waals surface area contributed by atoms with Gasteiger partial charge in [-0.05, 0) is 36.3 Å². The molecule has 0 amide bonds. The number of aromatic hydroxyl groups is 1. The topological polar surface area (TPSA) is 113 Å². The number of aliphatic hydroxyl groups is 2. The van der Waals surface area contributed by atoms with Crippen molar-refractivity contribution in [2.45, 2.75) is 31.7 Å². The molecule has 2 aromatic rings. The van der Waals surface area contributed by atoms with E-state index < -0.39 is 30.1 Å². The van der Waals surface area contributed by atoms with Gasteiger partial charge in [-0.3, -0.25) is 4.79 Å². The van der Waals surface area contributed by atoms with Gasteiger partial charge in [0.15, 0.2) is 5.78 Å². The maximum Gasteiger partial charge on any atom is 0.342 e. The number of methoxy groups -OCH3 is 1. The fraction of sp³-hybridized carbons (Fsp3) is 0.273. The van der Waals surface area contributed by atoms with Gasteiger partial charge >= 0.3 is 5.97 Å². The summed E-state index contributed by atoms with van der Waals surface area (Å²) in [6.45, 7) is 1.64. The van der Waals surface area contributed by atoms with E-state index in [1.165, 1.54) is 25.3 Å². The Kier molecular flexibility index (Phi) is 6.00. The summed E-state index contributed by atoms with van der Waals surface area (Å²) in [5, 5.41) is 31.1. The largest absolute Gasteiger partial charge is 0.507 e. The van der Waals surface area contributed by atoms with Gasteiger partial charge in [-0.1, -0.05) is 24.3 Å². The summed E-state index contributed by atoms with van der Waals surface area (Å²) in [6.07, 6.45) is -0.838. The monoisotopic (exact) mass is 398 g/mol. The molecule has 0 saturated carbocycles. The van der Waals surface area contributed by atoms with Crippen molar-refractivity contribution in [2.24, 2.45) is 0 Å². The molecular formula is C22H22O7. The van der Waals surface area contributed by atoms with Gasteiger partial charge in [-0.25, -0.2) is 4.79 Å². The number of fused-ring (bicyclic) bond motifs is 4. The van der Waals surface area contributed by atoms with Crippen molar-refractivity contribution in [3.8, 4) is 22.6 Å². The van der Waals surface area contributed by atoms with Crippen LogP contribution >= 0.6 is 0 Å². The summed E-state index contributed by atoms with van der Waals surface area (Å²) in [4.78, 5) is 24.9. The van der Waals surface area contributed by atoms with Gasteiger partial charge in [0.2, 0.25) is 0 Å². The average molecular weight is 398 g/mol. The molecule has 2 aromatic carbocycles. The molecule has 152 valence electrons. The maximum absolute atomic E-state index is 12.8. The number of carbonyl (C=O) groups is 2. The SMILES string of the molecule is COc1cc(O)c2c(c1)-c1cccc(c1)[C@H](O)[C@H](O)C(=O)/C=C\C[C@H](C)OC2=O. The van der Waals surface area contributed by atoms with E-state index in [0.29, 0.717) is 16.9 Å². The smallest absolute Gasteiger partial charge is 0.342 e. The van der Waals surface area contributed by atoms with E-state index in [1.807, 2.05) is 0 Å². The van der Waals surface area contributed by atoms with Crippen molar-refractivity contribution in [2.75, 3.05) is 7.11 Å². The number of benzene rings is 2. The van der Waals surface area contributed by atoms with Gasteiger partial charge in [-0.15, -0.1) is 0 Å². The molecule has 29 heavy (non-hydrogen) atoms. The minimum atomic E-state index is -1.64. The summed E-state index contributed by atoms with van der Waals surface area (Å²) in [5.41, 5.74) is 1.05. The molecular weight excluding hydrogens is 376 g/mol. The lowest BCUT2D eigenvalue weighted by Gasteiger charge is -2.19. The zero-order valence-electron chi connectivity index (χ0n) is 16.0. The first-order valence-electron chi connectivity index (χ1n) is 9.10. The second-order valence-electron chi connectivity index (χ2n) is 6.84. The first kappa shape index (κ1) is 20.6. The summed E-state index contributed by atoms with van der Waals surface area (Å²) >= 11 is 0. The molecule has 0 radical (unpaired) electrons. The first-order valence-corrected chi connectivity index (χ1v) is 9.10. The highest BCUT2D eigenvalue weighted by Gasteiger charge is 2.27. The second-order valence-corrected chi connectivity index (χ2v) is 6.84. The van der Waals surface area contributed by atoms with Crippen LogP contribution in [0.3, 0.4) is 0 Å². The molecule has 3 N–H and O–H groups in total. The Morgan fingerprint density at radius 1 is 1.10 bits per heavy atom. The van der Waals surface area contributed by atoms with Crippen molar-refractivity contribution >= 4 is 11.8 Å². The molecule has 1 heterocycles. The lowest BCUT2D eigenvalue weighted by molar-refractivity contribution is -0.128. The number of ketones is 1. The number of cyclic esters (lactones) is 1. The molecule has 0 aliphatic carbocycles. The number of phenolic OH excluding ortho intramolecular Hbond substituents is 1. The van der Waals surface area contributed by atoms with Crippen LogP contribution in [0.4, 0.5) is 0 Å². The molecule has 0 aromatic heterocycles. The van der Waals surface area contributed by atoms with Gasteiger partial charge in [0.1, 0.15) is 35.4 Å². The summed E-state index contributed by atoms with van der Waals surface area (Å²) < 4.78 is 10.6. The molecule has 1 aliphatic rings. The van der Waals surface area contributed by atoms with Crippen molar-refractivity contribution in [1.29, 1.82) is 0 Å². The molecule has 0 spiro atoms. The van der Waals surface area contributed by atoms with Crippen molar-refractivity contribution in [1.82, 2.24) is 0 Å². The normalized spacial score (nSPS) is 23.5. The van der Waals surface area contributed by atoms with Crippen molar-refractivity contribution in [3.05, 3.63) is 59.7 Å². The van der Waals surface area contributed by atoms with Gasteiger partial charge in [0.05, 0.1) is 7.11 Å². The minimum Gasteiger partial charge on any atom is -0.507 e. The van der Waals surface area contributed by atoms with Crippen molar-refractivity contribution in [3.63, 3.8) is 0 Å². The fourth-order valence-corrected chi connectivity index (χ4v) is 3.15. The zero-order valence-corrected chi connectivity index (χ0v) is 16.0. The highest BCUT2D eigenvalue weighted by atomic mass is 16.5. The van der Waals surface area contributed by atoms with E-state index in [1.54, 1.807) is 31.2 Å². The van der Waals surface area contributed by atoms with Crippen molar-refractivity contribution < 1.29 is 34.4 Å². The van der Waals surface area contributed by atoms with Crippen LogP contribution in [0.25, 0.3) is 11.1 Å².